The van der Waals surface area contributed by atoms with Crippen LogP contribution in [-0.2, 0) is 0 Å². The number of aryl methyl sites for hydroxylation is 1. The number of aromatic nitrogens is 6. The van der Waals surface area contributed by atoms with Gasteiger partial charge in [-0.1, -0.05) is 0 Å². The topological polar surface area (TPSA) is 115 Å². The van der Waals surface area contributed by atoms with E-state index in [1.54, 1.807) is 13.1 Å². The van der Waals surface area contributed by atoms with Crippen LogP contribution in [0.5, 0.6) is 0 Å². The van der Waals surface area contributed by atoms with Gasteiger partial charge in [-0.05, 0) is 6.92 Å². The van der Waals surface area contributed by atoms with E-state index in [9.17, 15) is 4.79 Å². The number of aromatic amines is 1. The third-order valence-corrected chi connectivity index (χ3v) is 2.64. The summed E-state index contributed by atoms with van der Waals surface area (Å²) in [6.45, 7) is 1.75. The molecule has 0 amide bonds. The second-order valence-electron chi connectivity index (χ2n) is 3.73. The van der Waals surface area contributed by atoms with Crippen LogP contribution < -0.4 is 5.73 Å². The highest BCUT2D eigenvalue weighted by molar-refractivity contribution is 5.95. The molecule has 3 rings (SSSR count). The number of hydrogen-bond donors (Lipinski definition) is 2. The number of nitrogens with zero attached hydrogens (tertiary/aromatic N) is 5. The summed E-state index contributed by atoms with van der Waals surface area (Å²) in [5.74, 6) is 0.613. The molecule has 0 fully saturated rings. The second-order valence-corrected chi connectivity index (χ2v) is 3.73. The van der Waals surface area contributed by atoms with Crippen LogP contribution in [0, 0.1) is 6.92 Å². The Kier molecular flexibility index (Phi) is 2.09. The zero-order chi connectivity index (χ0) is 12.7. The number of carbonyl (C=O) groups is 1. The first-order valence-corrected chi connectivity index (χ1v) is 5.17. The maximum absolute atomic E-state index is 11.1. The predicted octanol–water partition coefficient (Wildman–Crippen LogP) is 0.242. The molecule has 0 bridgehead atoms. The van der Waals surface area contributed by atoms with E-state index in [0.29, 0.717) is 28.2 Å². The van der Waals surface area contributed by atoms with E-state index < -0.39 is 0 Å². The molecule has 0 aliphatic rings. The number of fused-ring (bicyclic) bond motifs is 1. The van der Waals surface area contributed by atoms with Crippen molar-refractivity contribution in [3.05, 3.63) is 23.8 Å². The number of hydrogen-bond acceptors (Lipinski definition) is 6. The molecule has 0 saturated carbocycles. The molecule has 0 atom stereocenters. The number of carbonyl (C=O) groups excluding carboxylic acids is 1. The lowest BCUT2D eigenvalue weighted by Gasteiger charge is -1.96. The van der Waals surface area contributed by atoms with Crippen LogP contribution >= 0.6 is 0 Å². The summed E-state index contributed by atoms with van der Waals surface area (Å²) in [7, 11) is 0. The van der Waals surface area contributed by atoms with Crippen molar-refractivity contribution in [3.8, 4) is 5.95 Å². The first-order valence-electron chi connectivity index (χ1n) is 5.17. The van der Waals surface area contributed by atoms with Crippen LogP contribution in [0.25, 0.3) is 17.0 Å². The fourth-order valence-electron chi connectivity index (χ4n) is 1.73. The highest BCUT2D eigenvalue weighted by Crippen LogP contribution is 2.18. The summed E-state index contributed by atoms with van der Waals surface area (Å²) in [5.41, 5.74) is 7.91. The van der Waals surface area contributed by atoms with Crippen LogP contribution in [-0.4, -0.2) is 36.0 Å². The van der Waals surface area contributed by atoms with Crippen LogP contribution in [0.1, 0.15) is 16.1 Å². The van der Waals surface area contributed by atoms with Gasteiger partial charge in [0.15, 0.2) is 6.29 Å². The molecule has 0 spiro atoms. The van der Waals surface area contributed by atoms with E-state index in [1.165, 1.54) is 11.0 Å². The monoisotopic (exact) mass is 243 g/mol. The normalized spacial score (nSPS) is 10.9. The molecule has 3 N–H and O–H groups in total. The van der Waals surface area contributed by atoms with Crippen molar-refractivity contribution in [2.24, 2.45) is 0 Å². The summed E-state index contributed by atoms with van der Waals surface area (Å²) in [6, 6.07) is 0. The van der Waals surface area contributed by atoms with Gasteiger partial charge in [-0.3, -0.25) is 9.78 Å². The Balaban J connectivity index is 2.29. The molecule has 3 aromatic rings. The zero-order valence-corrected chi connectivity index (χ0v) is 9.45. The largest absolute Gasteiger partial charge is 0.368 e. The molecule has 90 valence electrons. The Labute approximate surface area is 101 Å². The van der Waals surface area contributed by atoms with E-state index >= 15 is 0 Å². The highest BCUT2D eigenvalue weighted by Gasteiger charge is 2.13. The molecule has 3 heterocycles. The Morgan fingerprint density at radius 3 is 2.94 bits per heavy atom. The van der Waals surface area contributed by atoms with Crippen LogP contribution in [0.2, 0.25) is 0 Å². The smallest absolute Gasteiger partial charge is 0.232 e. The fraction of sp³-hybridized carbons (Fsp3) is 0.100. The van der Waals surface area contributed by atoms with Gasteiger partial charge < -0.3 is 10.7 Å². The number of rotatable bonds is 2. The number of imidazole rings is 1. The van der Waals surface area contributed by atoms with E-state index in [2.05, 4.69) is 25.0 Å². The first kappa shape index (κ1) is 10.4. The van der Waals surface area contributed by atoms with E-state index in [0.717, 1.165) is 6.29 Å². The van der Waals surface area contributed by atoms with Gasteiger partial charge >= 0.3 is 0 Å². The van der Waals surface area contributed by atoms with Gasteiger partial charge in [-0.25, -0.2) is 4.98 Å². The number of aldehydes is 1. The molecule has 18 heavy (non-hydrogen) atoms. The average molecular weight is 243 g/mol. The van der Waals surface area contributed by atoms with Gasteiger partial charge in [0.1, 0.15) is 11.8 Å². The number of nitrogens with one attached hydrogen (secondary N) is 1. The average Bonchev–Trinajstić information content (AvgIpc) is 2.94. The molecule has 8 nitrogen and oxygen atoms in total. The minimum Gasteiger partial charge on any atom is -0.368 e. The van der Waals surface area contributed by atoms with E-state index in [-0.39, 0.29) is 5.95 Å². The fourth-order valence-corrected chi connectivity index (χ4v) is 1.73. The molecule has 0 radical (unpaired) electrons. The lowest BCUT2D eigenvalue weighted by atomic mass is 10.2. The quantitative estimate of drug-likeness (QED) is 0.623. The summed E-state index contributed by atoms with van der Waals surface area (Å²) in [5, 5.41) is 3.94. The Hall–Kier alpha value is -2.77. The van der Waals surface area contributed by atoms with Crippen molar-refractivity contribution in [3.63, 3.8) is 0 Å². The van der Waals surface area contributed by atoms with Gasteiger partial charge in [0.25, 0.3) is 0 Å². The number of anilines is 1. The maximum Gasteiger partial charge on any atom is 0.232 e. The maximum atomic E-state index is 11.1. The molecule has 0 unspecified atom stereocenters. The summed E-state index contributed by atoms with van der Waals surface area (Å²) in [4.78, 5) is 26.3. The van der Waals surface area contributed by atoms with Crippen molar-refractivity contribution in [2.45, 2.75) is 6.92 Å². The molecule has 0 aromatic carbocycles. The summed E-state index contributed by atoms with van der Waals surface area (Å²) < 4.78 is 1.35. The van der Waals surface area contributed by atoms with E-state index in [4.69, 9.17) is 5.73 Å². The Bertz CT molecular complexity index is 742. The molecule has 0 aliphatic carbocycles. The molecule has 0 aliphatic heterocycles. The van der Waals surface area contributed by atoms with Gasteiger partial charge in [0, 0.05) is 0 Å². The summed E-state index contributed by atoms with van der Waals surface area (Å²) >= 11 is 0. The molecular formula is C10H9N7O. The van der Waals surface area contributed by atoms with Crippen LogP contribution in [0.4, 0.5) is 5.95 Å². The van der Waals surface area contributed by atoms with Gasteiger partial charge in [-0.2, -0.15) is 14.8 Å². The van der Waals surface area contributed by atoms with Crippen molar-refractivity contribution < 1.29 is 4.79 Å². The lowest BCUT2D eigenvalue weighted by Crippen LogP contribution is -2.03. The third kappa shape index (κ3) is 1.35. The van der Waals surface area contributed by atoms with Crippen molar-refractivity contribution in [1.29, 1.82) is 0 Å². The number of nitrogens with two attached hydrogens (primary N) is 1. The molecular weight excluding hydrogens is 234 g/mol. The van der Waals surface area contributed by atoms with Gasteiger partial charge in [-0.15, -0.1) is 0 Å². The van der Waals surface area contributed by atoms with Gasteiger partial charge in [0.2, 0.25) is 11.9 Å². The Morgan fingerprint density at radius 1 is 1.44 bits per heavy atom. The van der Waals surface area contributed by atoms with Crippen molar-refractivity contribution in [1.82, 2.24) is 29.7 Å². The minimum absolute atomic E-state index is 0.214. The number of nitrogen functional groups attached to an aromatic ring is 1. The SMILES string of the molecule is Cc1ncc2[nH]c(-n3ncnc3N)nc2c1C=O. The first-order chi connectivity index (χ1) is 8.70. The second kappa shape index (κ2) is 3.62. The van der Waals surface area contributed by atoms with Crippen molar-refractivity contribution >= 4 is 23.3 Å². The number of H-pyrrole nitrogens is 1. The summed E-state index contributed by atoms with van der Waals surface area (Å²) in [6.07, 6.45) is 3.67. The van der Waals surface area contributed by atoms with Crippen LogP contribution in [0.3, 0.4) is 0 Å². The minimum atomic E-state index is 0.214. The highest BCUT2D eigenvalue weighted by atomic mass is 16.1. The van der Waals surface area contributed by atoms with E-state index in [1.807, 2.05) is 0 Å². The van der Waals surface area contributed by atoms with Gasteiger partial charge in [0.05, 0.1) is 23.0 Å². The zero-order valence-electron chi connectivity index (χ0n) is 9.45. The van der Waals surface area contributed by atoms with Crippen molar-refractivity contribution in [2.75, 3.05) is 5.73 Å². The lowest BCUT2D eigenvalue weighted by molar-refractivity contribution is 0.112. The predicted molar refractivity (Wildman–Crippen MR) is 63.3 cm³/mol. The third-order valence-electron chi connectivity index (χ3n) is 2.64. The van der Waals surface area contributed by atoms with Crippen LogP contribution in [0.15, 0.2) is 12.5 Å². The molecule has 3 aromatic heterocycles. The standard InChI is InChI=1S/C10H9N7O/c1-5-6(3-18)8-7(2-12-5)15-10(16-8)17-9(11)13-4-14-17/h2-4H,1H3,(H,15,16)(H2,11,13,14). The molecule has 8 heteroatoms. The Morgan fingerprint density at radius 2 is 2.28 bits per heavy atom. The molecule has 0 saturated heterocycles. The number of pyridine rings is 1.